The second-order valence-electron chi connectivity index (χ2n) is 3.76. The van der Waals surface area contributed by atoms with E-state index in [-0.39, 0.29) is 15.7 Å². The number of anilines is 1. The van der Waals surface area contributed by atoms with Crippen LogP contribution in [0.15, 0.2) is 18.2 Å². The molecule has 0 heterocycles. The Bertz CT molecular complexity index is 475. The van der Waals surface area contributed by atoms with Crippen LogP contribution >= 0.6 is 23.2 Å². The molecular weight excluding hydrogens is 292 g/mol. The molecule has 0 aromatic heterocycles. The van der Waals surface area contributed by atoms with Gasteiger partial charge >= 0.3 is 6.18 Å². The fourth-order valence-electron chi connectivity index (χ4n) is 0.981. The highest BCUT2D eigenvalue weighted by Gasteiger charge is 2.54. The quantitative estimate of drug-likeness (QED) is 0.881. The largest absolute Gasteiger partial charge is 0.415 e. The molecule has 8 heteroatoms. The van der Waals surface area contributed by atoms with E-state index in [1.807, 2.05) is 5.32 Å². The third-order valence-corrected chi connectivity index (χ3v) is 3.08. The molecule has 1 atom stereocenters. The van der Waals surface area contributed by atoms with E-state index in [0.29, 0.717) is 6.92 Å². The summed E-state index contributed by atoms with van der Waals surface area (Å²) in [6.07, 6.45) is -4.87. The molecule has 0 bridgehead atoms. The van der Waals surface area contributed by atoms with Crippen LogP contribution in [0.4, 0.5) is 18.9 Å². The molecule has 3 nitrogen and oxygen atoms in total. The standard InChI is InChI=1S/C10H9Cl2F3N2O/c1-9(16,10(13,14)15)8(18)17-6-4-2-3-5(11)7(6)12/h2-4H,16H2,1H3,(H,17,18). The first-order valence-corrected chi connectivity index (χ1v) is 5.44. The van der Waals surface area contributed by atoms with Gasteiger partial charge in [-0.25, -0.2) is 0 Å². The zero-order valence-electron chi connectivity index (χ0n) is 9.11. The number of carbonyl (C=O) groups excluding carboxylic acids is 1. The van der Waals surface area contributed by atoms with Crippen molar-refractivity contribution in [2.75, 3.05) is 5.32 Å². The van der Waals surface area contributed by atoms with Gasteiger partial charge in [-0.15, -0.1) is 0 Å². The molecule has 1 unspecified atom stereocenters. The van der Waals surface area contributed by atoms with Crippen LogP contribution in [0.3, 0.4) is 0 Å². The van der Waals surface area contributed by atoms with Crippen LogP contribution in [0.1, 0.15) is 6.92 Å². The van der Waals surface area contributed by atoms with Crippen molar-refractivity contribution in [3.63, 3.8) is 0 Å². The Hall–Kier alpha value is -0.980. The number of rotatable bonds is 2. The summed E-state index contributed by atoms with van der Waals surface area (Å²) in [6.45, 7) is 0.570. The van der Waals surface area contributed by atoms with Crippen molar-refractivity contribution in [3.05, 3.63) is 28.2 Å². The minimum Gasteiger partial charge on any atom is -0.323 e. The maximum atomic E-state index is 12.5. The van der Waals surface area contributed by atoms with Gasteiger partial charge in [-0.1, -0.05) is 29.3 Å². The second kappa shape index (κ2) is 4.95. The number of amides is 1. The molecule has 0 aliphatic heterocycles. The van der Waals surface area contributed by atoms with Crippen molar-refractivity contribution in [1.29, 1.82) is 0 Å². The average molecular weight is 301 g/mol. The SMILES string of the molecule is CC(N)(C(=O)Nc1cccc(Cl)c1Cl)C(F)(F)F. The van der Waals surface area contributed by atoms with Crippen molar-refractivity contribution < 1.29 is 18.0 Å². The molecule has 0 saturated carbocycles. The van der Waals surface area contributed by atoms with E-state index >= 15 is 0 Å². The van der Waals surface area contributed by atoms with Crippen LogP contribution < -0.4 is 11.1 Å². The van der Waals surface area contributed by atoms with E-state index in [9.17, 15) is 18.0 Å². The Morgan fingerprint density at radius 2 is 1.89 bits per heavy atom. The van der Waals surface area contributed by atoms with Crippen LogP contribution in [-0.4, -0.2) is 17.6 Å². The molecule has 1 rings (SSSR count). The molecular formula is C10H9Cl2F3N2O. The Labute approximate surface area is 111 Å². The van der Waals surface area contributed by atoms with E-state index in [2.05, 4.69) is 0 Å². The highest BCUT2D eigenvalue weighted by atomic mass is 35.5. The number of halogens is 5. The van der Waals surface area contributed by atoms with Gasteiger partial charge in [0.05, 0.1) is 15.7 Å². The van der Waals surface area contributed by atoms with Crippen LogP contribution in [0.25, 0.3) is 0 Å². The highest BCUT2D eigenvalue weighted by molar-refractivity contribution is 6.44. The number of benzene rings is 1. The predicted octanol–water partition coefficient (Wildman–Crippen LogP) is 3.21. The summed E-state index contributed by atoms with van der Waals surface area (Å²) in [5, 5.41) is 2.06. The number of hydrogen-bond donors (Lipinski definition) is 2. The molecule has 0 fully saturated rings. The molecule has 3 N–H and O–H groups in total. The molecule has 18 heavy (non-hydrogen) atoms. The number of nitrogens with two attached hydrogens (primary N) is 1. The first-order chi connectivity index (χ1) is 8.07. The van der Waals surface area contributed by atoms with Gasteiger partial charge in [0.2, 0.25) is 0 Å². The van der Waals surface area contributed by atoms with Crippen LogP contribution in [0, 0.1) is 0 Å². The van der Waals surface area contributed by atoms with Gasteiger partial charge in [-0.2, -0.15) is 13.2 Å². The Morgan fingerprint density at radius 3 is 2.39 bits per heavy atom. The van der Waals surface area contributed by atoms with Crippen LogP contribution in [-0.2, 0) is 4.79 Å². The highest BCUT2D eigenvalue weighted by Crippen LogP contribution is 2.32. The van der Waals surface area contributed by atoms with Gasteiger partial charge < -0.3 is 11.1 Å². The molecule has 0 saturated heterocycles. The second-order valence-corrected chi connectivity index (χ2v) is 4.54. The smallest absolute Gasteiger partial charge is 0.323 e. The Kier molecular flexibility index (Phi) is 4.15. The first kappa shape index (κ1) is 15.1. The number of hydrogen-bond acceptors (Lipinski definition) is 2. The average Bonchev–Trinajstić information content (AvgIpc) is 2.23. The zero-order valence-corrected chi connectivity index (χ0v) is 10.6. The third-order valence-electron chi connectivity index (χ3n) is 2.26. The van der Waals surface area contributed by atoms with Gasteiger partial charge in [-0.05, 0) is 19.1 Å². The fraction of sp³-hybridized carbons (Fsp3) is 0.300. The van der Waals surface area contributed by atoms with Crippen molar-refractivity contribution >= 4 is 34.8 Å². The summed E-state index contributed by atoms with van der Waals surface area (Å²) in [6, 6.07) is 4.19. The molecule has 1 amide bonds. The van der Waals surface area contributed by atoms with Gasteiger partial charge in [0.1, 0.15) is 0 Å². The van der Waals surface area contributed by atoms with Crippen LogP contribution in [0.5, 0.6) is 0 Å². The van der Waals surface area contributed by atoms with E-state index < -0.39 is 17.6 Å². The van der Waals surface area contributed by atoms with E-state index in [0.717, 1.165) is 0 Å². The summed E-state index contributed by atoms with van der Waals surface area (Å²) >= 11 is 11.4. The normalized spacial score (nSPS) is 15.1. The Balaban J connectivity index is 2.99. The monoisotopic (exact) mass is 300 g/mol. The first-order valence-electron chi connectivity index (χ1n) is 4.68. The van der Waals surface area contributed by atoms with Crippen LogP contribution in [0.2, 0.25) is 10.0 Å². The lowest BCUT2D eigenvalue weighted by Crippen LogP contribution is -2.59. The van der Waals surface area contributed by atoms with Gasteiger partial charge in [-0.3, -0.25) is 4.79 Å². The fourth-order valence-corrected chi connectivity index (χ4v) is 1.33. The molecule has 0 aliphatic carbocycles. The maximum absolute atomic E-state index is 12.5. The predicted molar refractivity (Wildman–Crippen MR) is 63.7 cm³/mol. The molecule has 100 valence electrons. The molecule has 1 aromatic carbocycles. The van der Waals surface area contributed by atoms with E-state index in [1.165, 1.54) is 18.2 Å². The summed E-state index contributed by atoms with van der Waals surface area (Å²) in [5.74, 6) is -1.42. The molecule has 1 aromatic rings. The minimum absolute atomic E-state index is 0.0323. The summed E-state index contributed by atoms with van der Waals surface area (Å²) in [5.41, 5.74) is 1.91. The molecule has 0 spiro atoms. The summed E-state index contributed by atoms with van der Waals surface area (Å²) in [7, 11) is 0. The Morgan fingerprint density at radius 1 is 1.33 bits per heavy atom. The van der Waals surface area contributed by atoms with Gasteiger partial charge in [0.25, 0.3) is 5.91 Å². The maximum Gasteiger partial charge on any atom is 0.415 e. The van der Waals surface area contributed by atoms with Gasteiger partial charge in [0.15, 0.2) is 5.54 Å². The number of nitrogens with one attached hydrogen (secondary N) is 1. The van der Waals surface area contributed by atoms with Crippen molar-refractivity contribution in [1.82, 2.24) is 0 Å². The van der Waals surface area contributed by atoms with Crippen molar-refractivity contribution in [2.45, 2.75) is 18.6 Å². The summed E-state index contributed by atoms with van der Waals surface area (Å²) in [4.78, 5) is 11.5. The lowest BCUT2D eigenvalue weighted by Gasteiger charge is -2.26. The van der Waals surface area contributed by atoms with Gasteiger partial charge in [0, 0.05) is 0 Å². The number of carbonyl (C=O) groups is 1. The third kappa shape index (κ3) is 2.88. The van der Waals surface area contributed by atoms with E-state index in [4.69, 9.17) is 28.9 Å². The lowest BCUT2D eigenvalue weighted by molar-refractivity contribution is -0.184. The lowest BCUT2D eigenvalue weighted by atomic mass is 10.0. The molecule has 0 radical (unpaired) electrons. The summed E-state index contributed by atoms with van der Waals surface area (Å²) < 4.78 is 37.6. The van der Waals surface area contributed by atoms with Crippen molar-refractivity contribution in [3.8, 4) is 0 Å². The van der Waals surface area contributed by atoms with E-state index in [1.54, 1.807) is 0 Å². The number of alkyl halides is 3. The minimum atomic E-state index is -4.87. The van der Waals surface area contributed by atoms with Crippen molar-refractivity contribution in [2.24, 2.45) is 5.73 Å². The molecule has 0 aliphatic rings. The topological polar surface area (TPSA) is 55.1 Å². The zero-order chi connectivity index (χ0) is 14.1.